The summed E-state index contributed by atoms with van der Waals surface area (Å²) in [6.45, 7) is 5.14. The van der Waals surface area contributed by atoms with Crippen molar-refractivity contribution in [1.29, 1.82) is 0 Å². The summed E-state index contributed by atoms with van der Waals surface area (Å²) < 4.78 is 11.3. The SMILES string of the molecule is CCOc1ccc(C(NC)c2ccnnc2)cc1OCC. The first kappa shape index (κ1) is 15.3. The maximum absolute atomic E-state index is 5.68. The Morgan fingerprint density at radius 2 is 1.76 bits per heavy atom. The summed E-state index contributed by atoms with van der Waals surface area (Å²) in [5.74, 6) is 1.53. The number of aromatic nitrogens is 2. The van der Waals surface area contributed by atoms with Gasteiger partial charge in [0.05, 0.1) is 25.5 Å². The molecule has 0 fully saturated rings. The van der Waals surface area contributed by atoms with E-state index in [9.17, 15) is 0 Å². The predicted octanol–water partition coefficient (Wildman–Crippen LogP) is 2.58. The molecule has 5 nitrogen and oxygen atoms in total. The van der Waals surface area contributed by atoms with Crippen LogP contribution in [0.5, 0.6) is 11.5 Å². The van der Waals surface area contributed by atoms with Gasteiger partial charge in [-0.3, -0.25) is 0 Å². The molecule has 21 heavy (non-hydrogen) atoms. The number of nitrogens with zero attached hydrogens (tertiary/aromatic N) is 2. The Morgan fingerprint density at radius 1 is 1.00 bits per heavy atom. The summed E-state index contributed by atoms with van der Waals surface area (Å²) in [5.41, 5.74) is 2.15. The molecule has 1 aromatic carbocycles. The van der Waals surface area contributed by atoms with Crippen molar-refractivity contribution in [3.8, 4) is 11.5 Å². The molecule has 0 aliphatic rings. The van der Waals surface area contributed by atoms with E-state index >= 15 is 0 Å². The monoisotopic (exact) mass is 287 g/mol. The Labute approximate surface area is 125 Å². The van der Waals surface area contributed by atoms with Crippen molar-refractivity contribution < 1.29 is 9.47 Å². The normalized spacial score (nSPS) is 12.0. The number of ether oxygens (including phenoxy) is 2. The van der Waals surface area contributed by atoms with E-state index in [2.05, 4.69) is 15.5 Å². The molecule has 5 heteroatoms. The van der Waals surface area contributed by atoms with Crippen LogP contribution in [0.15, 0.2) is 36.7 Å². The van der Waals surface area contributed by atoms with Crippen molar-refractivity contribution in [2.45, 2.75) is 19.9 Å². The molecule has 1 atom stereocenters. The number of hydrogen-bond donors (Lipinski definition) is 1. The summed E-state index contributed by atoms with van der Waals surface area (Å²) in [6.07, 6.45) is 3.45. The summed E-state index contributed by atoms with van der Waals surface area (Å²) >= 11 is 0. The van der Waals surface area contributed by atoms with Crippen molar-refractivity contribution in [3.05, 3.63) is 47.8 Å². The molecule has 2 rings (SSSR count). The Hall–Kier alpha value is -2.14. The smallest absolute Gasteiger partial charge is 0.161 e. The van der Waals surface area contributed by atoms with Gasteiger partial charge < -0.3 is 14.8 Å². The molecule has 0 saturated heterocycles. The van der Waals surface area contributed by atoms with Crippen LogP contribution in [0.2, 0.25) is 0 Å². The third-order valence-corrected chi connectivity index (χ3v) is 3.13. The van der Waals surface area contributed by atoms with Crippen LogP contribution in [0.4, 0.5) is 0 Å². The summed E-state index contributed by atoms with van der Waals surface area (Å²) in [4.78, 5) is 0. The van der Waals surface area contributed by atoms with Crippen molar-refractivity contribution in [2.75, 3.05) is 20.3 Å². The number of nitrogens with one attached hydrogen (secondary N) is 1. The lowest BCUT2D eigenvalue weighted by Gasteiger charge is -2.19. The van der Waals surface area contributed by atoms with Gasteiger partial charge in [-0.25, -0.2) is 0 Å². The second-order valence-electron chi connectivity index (χ2n) is 4.47. The van der Waals surface area contributed by atoms with Gasteiger partial charge in [0.25, 0.3) is 0 Å². The molecular formula is C16H21N3O2. The fraction of sp³-hybridized carbons (Fsp3) is 0.375. The van der Waals surface area contributed by atoms with E-state index in [4.69, 9.17) is 9.47 Å². The largest absolute Gasteiger partial charge is 0.490 e. The molecule has 0 saturated carbocycles. The van der Waals surface area contributed by atoms with Crippen molar-refractivity contribution in [1.82, 2.24) is 15.5 Å². The Morgan fingerprint density at radius 3 is 2.38 bits per heavy atom. The standard InChI is InChI=1S/C16H21N3O2/c1-4-20-14-7-6-12(10-15(14)21-5-2)16(17-3)13-8-9-18-19-11-13/h6-11,16-17H,4-5H2,1-3H3. The first-order chi connectivity index (χ1) is 10.3. The average Bonchev–Trinajstić information content (AvgIpc) is 2.52. The molecule has 0 aliphatic heterocycles. The Bertz CT molecular complexity index is 561. The summed E-state index contributed by atoms with van der Waals surface area (Å²) in [6, 6.07) is 7.98. The van der Waals surface area contributed by atoms with Gasteiger partial charge >= 0.3 is 0 Å². The van der Waals surface area contributed by atoms with Gasteiger partial charge in [-0.05, 0) is 50.2 Å². The minimum Gasteiger partial charge on any atom is -0.490 e. The van der Waals surface area contributed by atoms with Crippen LogP contribution in [0.25, 0.3) is 0 Å². The molecule has 1 unspecified atom stereocenters. The van der Waals surface area contributed by atoms with E-state index in [0.717, 1.165) is 22.6 Å². The summed E-state index contributed by atoms with van der Waals surface area (Å²) in [5, 5.41) is 11.0. The number of hydrogen-bond acceptors (Lipinski definition) is 5. The highest BCUT2D eigenvalue weighted by Crippen LogP contribution is 2.32. The maximum Gasteiger partial charge on any atom is 0.161 e. The predicted molar refractivity (Wildman–Crippen MR) is 81.7 cm³/mol. The highest BCUT2D eigenvalue weighted by Gasteiger charge is 2.15. The molecule has 1 aromatic heterocycles. The van der Waals surface area contributed by atoms with E-state index < -0.39 is 0 Å². The zero-order valence-corrected chi connectivity index (χ0v) is 12.7. The third-order valence-electron chi connectivity index (χ3n) is 3.13. The lowest BCUT2D eigenvalue weighted by Crippen LogP contribution is -2.18. The summed E-state index contributed by atoms with van der Waals surface area (Å²) in [7, 11) is 1.92. The van der Waals surface area contributed by atoms with Crippen molar-refractivity contribution >= 4 is 0 Å². The van der Waals surface area contributed by atoms with E-state index in [1.165, 1.54) is 0 Å². The first-order valence-corrected chi connectivity index (χ1v) is 7.13. The second kappa shape index (κ2) is 7.59. The zero-order valence-electron chi connectivity index (χ0n) is 12.7. The van der Waals surface area contributed by atoms with Crippen LogP contribution in [0, 0.1) is 0 Å². The van der Waals surface area contributed by atoms with Crippen LogP contribution in [-0.4, -0.2) is 30.5 Å². The van der Waals surface area contributed by atoms with Gasteiger partial charge in [0.2, 0.25) is 0 Å². The van der Waals surface area contributed by atoms with Gasteiger partial charge in [0.1, 0.15) is 0 Å². The molecule has 1 N–H and O–H groups in total. The lowest BCUT2D eigenvalue weighted by molar-refractivity contribution is 0.287. The van der Waals surface area contributed by atoms with E-state index in [1.54, 1.807) is 12.4 Å². The molecule has 0 bridgehead atoms. The van der Waals surface area contributed by atoms with E-state index in [0.29, 0.717) is 13.2 Å². The minimum atomic E-state index is 0.0374. The molecule has 1 heterocycles. The molecule has 112 valence electrons. The van der Waals surface area contributed by atoms with Crippen molar-refractivity contribution in [2.24, 2.45) is 0 Å². The molecule has 0 radical (unpaired) electrons. The van der Waals surface area contributed by atoms with Gasteiger partial charge in [0, 0.05) is 6.20 Å². The molecule has 0 amide bonds. The van der Waals surface area contributed by atoms with Crippen LogP contribution < -0.4 is 14.8 Å². The minimum absolute atomic E-state index is 0.0374. The zero-order chi connectivity index (χ0) is 15.1. The molecule has 0 aliphatic carbocycles. The van der Waals surface area contributed by atoms with Crippen molar-refractivity contribution in [3.63, 3.8) is 0 Å². The van der Waals surface area contributed by atoms with Gasteiger partial charge in [-0.15, -0.1) is 0 Å². The maximum atomic E-state index is 5.68. The van der Waals surface area contributed by atoms with E-state index in [1.807, 2.05) is 45.2 Å². The van der Waals surface area contributed by atoms with Crippen LogP contribution in [-0.2, 0) is 0 Å². The molecule has 0 spiro atoms. The Kier molecular flexibility index (Phi) is 5.51. The van der Waals surface area contributed by atoms with E-state index in [-0.39, 0.29) is 6.04 Å². The fourth-order valence-corrected chi connectivity index (χ4v) is 2.24. The third kappa shape index (κ3) is 3.70. The highest BCUT2D eigenvalue weighted by atomic mass is 16.5. The molecule has 2 aromatic rings. The fourth-order valence-electron chi connectivity index (χ4n) is 2.24. The van der Waals surface area contributed by atoms with Crippen LogP contribution in [0.3, 0.4) is 0 Å². The number of rotatable bonds is 7. The van der Waals surface area contributed by atoms with Crippen LogP contribution >= 0.6 is 0 Å². The van der Waals surface area contributed by atoms with Gasteiger partial charge in [0.15, 0.2) is 11.5 Å². The highest BCUT2D eigenvalue weighted by molar-refractivity contribution is 5.45. The topological polar surface area (TPSA) is 56.3 Å². The number of benzene rings is 1. The Balaban J connectivity index is 2.35. The van der Waals surface area contributed by atoms with Gasteiger partial charge in [-0.1, -0.05) is 6.07 Å². The lowest BCUT2D eigenvalue weighted by atomic mass is 10.0. The van der Waals surface area contributed by atoms with Gasteiger partial charge in [-0.2, -0.15) is 10.2 Å². The molecular weight excluding hydrogens is 266 g/mol. The quantitative estimate of drug-likeness (QED) is 0.848. The van der Waals surface area contributed by atoms with Crippen LogP contribution in [0.1, 0.15) is 31.0 Å². The first-order valence-electron chi connectivity index (χ1n) is 7.13. The average molecular weight is 287 g/mol. The second-order valence-corrected chi connectivity index (χ2v) is 4.47.